The molecule has 176 valence electrons. The lowest BCUT2D eigenvalue weighted by molar-refractivity contribution is -0.146. The molecule has 34 heavy (non-hydrogen) atoms. The molecule has 0 fully saturated rings. The van der Waals surface area contributed by atoms with Crippen LogP contribution in [0.2, 0.25) is 0 Å². The lowest BCUT2D eigenvalue weighted by atomic mass is 9.98. The number of ketones is 1. The SMILES string of the molecule is COc1ccc([C@H](NC(=O)c2cnc(C(=O)CC[C@@H](O)C(=O)O)[nH]c2=O)c2ccccc2)cc1. The van der Waals surface area contributed by atoms with Gasteiger partial charge in [-0.05, 0) is 29.7 Å². The molecule has 0 bridgehead atoms. The number of carboxylic acids is 1. The number of aliphatic hydroxyl groups is 1. The van der Waals surface area contributed by atoms with Crippen LogP contribution in [0.25, 0.3) is 0 Å². The fourth-order valence-electron chi connectivity index (χ4n) is 3.22. The fourth-order valence-corrected chi connectivity index (χ4v) is 3.22. The predicted octanol–water partition coefficient (Wildman–Crippen LogP) is 1.71. The number of carboxylic acid groups (broad SMARTS) is 1. The van der Waals surface area contributed by atoms with E-state index < -0.39 is 35.4 Å². The maximum Gasteiger partial charge on any atom is 0.332 e. The highest BCUT2D eigenvalue weighted by Gasteiger charge is 2.22. The van der Waals surface area contributed by atoms with Crippen molar-refractivity contribution in [2.24, 2.45) is 0 Å². The number of carbonyl (C=O) groups is 3. The van der Waals surface area contributed by atoms with Gasteiger partial charge in [0, 0.05) is 12.6 Å². The van der Waals surface area contributed by atoms with Gasteiger partial charge in [-0.15, -0.1) is 0 Å². The maximum atomic E-state index is 12.9. The fraction of sp³-hybridized carbons (Fsp3) is 0.208. The summed E-state index contributed by atoms with van der Waals surface area (Å²) in [7, 11) is 1.55. The second-order valence-corrected chi connectivity index (χ2v) is 7.38. The second-order valence-electron chi connectivity index (χ2n) is 7.38. The van der Waals surface area contributed by atoms with Crippen LogP contribution >= 0.6 is 0 Å². The van der Waals surface area contributed by atoms with Crippen LogP contribution in [0.15, 0.2) is 65.6 Å². The van der Waals surface area contributed by atoms with Gasteiger partial charge in [-0.25, -0.2) is 9.78 Å². The average molecular weight is 465 g/mol. The van der Waals surface area contributed by atoms with E-state index in [2.05, 4.69) is 15.3 Å². The number of aliphatic carboxylic acids is 1. The number of Topliss-reactive ketones (excluding diaryl/α,β-unsaturated/α-hetero) is 1. The molecule has 1 aromatic heterocycles. The lowest BCUT2D eigenvalue weighted by Gasteiger charge is -2.20. The van der Waals surface area contributed by atoms with Crippen molar-refractivity contribution < 1.29 is 29.3 Å². The van der Waals surface area contributed by atoms with Crippen molar-refractivity contribution in [1.82, 2.24) is 15.3 Å². The second kappa shape index (κ2) is 11.0. The molecule has 3 aromatic rings. The first-order valence-electron chi connectivity index (χ1n) is 10.3. The van der Waals surface area contributed by atoms with Gasteiger partial charge in [-0.1, -0.05) is 42.5 Å². The largest absolute Gasteiger partial charge is 0.497 e. The average Bonchev–Trinajstić information content (AvgIpc) is 2.85. The number of ether oxygens (including phenoxy) is 1. The molecule has 2 atom stereocenters. The van der Waals surface area contributed by atoms with Gasteiger partial charge in [-0.2, -0.15) is 0 Å². The third-order valence-corrected chi connectivity index (χ3v) is 5.10. The number of nitrogens with zero attached hydrogens (tertiary/aromatic N) is 1. The zero-order valence-electron chi connectivity index (χ0n) is 18.2. The molecule has 1 amide bonds. The standard InChI is InChI=1S/C24H23N3O7/c1-34-16-9-7-15(8-10-16)20(14-5-3-2-4-6-14)26-22(30)17-13-25-21(27-23(17)31)18(28)11-12-19(29)24(32)33/h2-10,13,19-20,29H,11-12H2,1H3,(H,26,30)(H,32,33)(H,25,27,31)/t19-,20-/m1/s1. The minimum Gasteiger partial charge on any atom is -0.497 e. The number of H-pyrrole nitrogens is 1. The molecule has 3 rings (SSSR count). The van der Waals surface area contributed by atoms with Crippen molar-refractivity contribution in [3.8, 4) is 5.75 Å². The number of carbonyl (C=O) groups excluding carboxylic acids is 2. The van der Waals surface area contributed by atoms with E-state index in [1.54, 1.807) is 31.4 Å². The highest BCUT2D eigenvalue weighted by Crippen LogP contribution is 2.24. The van der Waals surface area contributed by atoms with Gasteiger partial charge in [0.05, 0.1) is 13.2 Å². The van der Waals surface area contributed by atoms with Crippen molar-refractivity contribution in [3.05, 3.63) is 93.7 Å². The van der Waals surface area contributed by atoms with Gasteiger partial charge < -0.3 is 25.3 Å². The van der Waals surface area contributed by atoms with Crippen molar-refractivity contribution in [1.29, 1.82) is 0 Å². The summed E-state index contributed by atoms with van der Waals surface area (Å²) in [6, 6.07) is 15.7. The Hall–Kier alpha value is -4.31. The van der Waals surface area contributed by atoms with Crippen LogP contribution in [0.3, 0.4) is 0 Å². The summed E-state index contributed by atoms with van der Waals surface area (Å²) in [4.78, 5) is 54.4. The Morgan fingerprint density at radius 2 is 1.71 bits per heavy atom. The molecule has 10 heteroatoms. The molecule has 2 aromatic carbocycles. The number of aliphatic hydroxyl groups excluding tert-OH is 1. The minimum atomic E-state index is -1.70. The summed E-state index contributed by atoms with van der Waals surface area (Å²) in [5.41, 5.74) is 0.426. The summed E-state index contributed by atoms with van der Waals surface area (Å²) in [5.74, 6) is -2.48. The Labute approximate surface area is 194 Å². The van der Waals surface area contributed by atoms with E-state index in [-0.39, 0.29) is 24.2 Å². The van der Waals surface area contributed by atoms with Crippen LogP contribution in [-0.2, 0) is 4.79 Å². The van der Waals surface area contributed by atoms with Gasteiger partial charge in [0.2, 0.25) is 0 Å². The number of benzene rings is 2. The summed E-state index contributed by atoms with van der Waals surface area (Å²) < 4.78 is 5.18. The summed E-state index contributed by atoms with van der Waals surface area (Å²) in [5, 5.41) is 20.8. The number of nitrogens with one attached hydrogen (secondary N) is 2. The molecule has 0 aliphatic rings. The Bertz CT molecular complexity index is 1220. The maximum absolute atomic E-state index is 12.9. The molecule has 0 radical (unpaired) electrons. The molecule has 0 spiro atoms. The van der Waals surface area contributed by atoms with E-state index >= 15 is 0 Å². The van der Waals surface area contributed by atoms with E-state index in [4.69, 9.17) is 9.84 Å². The van der Waals surface area contributed by atoms with Crippen LogP contribution in [0.5, 0.6) is 5.75 Å². The van der Waals surface area contributed by atoms with E-state index in [0.717, 1.165) is 17.3 Å². The van der Waals surface area contributed by atoms with Crippen LogP contribution in [0.1, 0.15) is 51.0 Å². The molecule has 0 saturated carbocycles. The molecular formula is C24H23N3O7. The normalized spacial score (nSPS) is 12.4. The Morgan fingerprint density at radius 3 is 2.29 bits per heavy atom. The van der Waals surface area contributed by atoms with E-state index in [1.807, 2.05) is 30.3 Å². The summed E-state index contributed by atoms with van der Waals surface area (Å²) in [6.45, 7) is 0. The topological polar surface area (TPSA) is 159 Å². The first kappa shape index (κ1) is 24.3. The minimum absolute atomic E-state index is 0.295. The zero-order valence-corrected chi connectivity index (χ0v) is 18.2. The number of hydrogen-bond acceptors (Lipinski definition) is 7. The quantitative estimate of drug-likeness (QED) is 0.329. The predicted molar refractivity (Wildman–Crippen MR) is 121 cm³/mol. The van der Waals surface area contributed by atoms with Crippen molar-refractivity contribution >= 4 is 17.7 Å². The molecule has 0 saturated heterocycles. The van der Waals surface area contributed by atoms with Gasteiger partial charge in [-0.3, -0.25) is 14.4 Å². The highest BCUT2D eigenvalue weighted by molar-refractivity contribution is 5.96. The molecule has 0 aliphatic heterocycles. The third-order valence-electron chi connectivity index (χ3n) is 5.10. The molecule has 4 N–H and O–H groups in total. The van der Waals surface area contributed by atoms with Gasteiger partial charge in [0.25, 0.3) is 11.5 Å². The number of hydrogen-bond donors (Lipinski definition) is 4. The first-order chi connectivity index (χ1) is 16.3. The number of aromatic amines is 1. The van der Waals surface area contributed by atoms with E-state index in [0.29, 0.717) is 5.75 Å². The highest BCUT2D eigenvalue weighted by atomic mass is 16.5. The third kappa shape index (κ3) is 5.93. The Kier molecular flexibility index (Phi) is 7.88. The van der Waals surface area contributed by atoms with Crippen molar-refractivity contribution in [2.45, 2.75) is 25.0 Å². The summed E-state index contributed by atoms with van der Waals surface area (Å²) in [6.07, 6.45) is -1.38. The number of rotatable bonds is 10. The molecule has 1 heterocycles. The number of methoxy groups -OCH3 is 1. The number of aromatic nitrogens is 2. The van der Waals surface area contributed by atoms with Crippen LogP contribution in [0, 0.1) is 0 Å². The monoisotopic (exact) mass is 465 g/mol. The van der Waals surface area contributed by atoms with Gasteiger partial charge >= 0.3 is 5.97 Å². The summed E-state index contributed by atoms with van der Waals surface area (Å²) >= 11 is 0. The van der Waals surface area contributed by atoms with Crippen LogP contribution < -0.4 is 15.6 Å². The van der Waals surface area contributed by atoms with Gasteiger partial charge in [0.15, 0.2) is 17.7 Å². The Balaban J connectivity index is 1.80. The van der Waals surface area contributed by atoms with E-state index in [1.165, 1.54) is 0 Å². The number of amides is 1. The van der Waals surface area contributed by atoms with E-state index in [9.17, 15) is 24.3 Å². The van der Waals surface area contributed by atoms with Crippen LogP contribution in [0.4, 0.5) is 0 Å². The Morgan fingerprint density at radius 1 is 1.06 bits per heavy atom. The smallest absolute Gasteiger partial charge is 0.332 e. The zero-order chi connectivity index (χ0) is 24.7. The molecular weight excluding hydrogens is 442 g/mol. The molecule has 0 aliphatic carbocycles. The first-order valence-corrected chi connectivity index (χ1v) is 10.3. The lowest BCUT2D eigenvalue weighted by Crippen LogP contribution is -2.34. The van der Waals surface area contributed by atoms with Crippen molar-refractivity contribution in [3.63, 3.8) is 0 Å². The van der Waals surface area contributed by atoms with Crippen molar-refractivity contribution in [2.75, 3.05) is 7.11 Å². The van der Waals surface area contributed by atoms with Gasteiger partial charge in [0.1, 0.15) is 11.3 Å². The van der Waals surface area contributed by atoms with Crippen LogP contribution in [-0.4, -0.2) is 51.1 Å². The molecule has 10 nitrogen and oxygen atoms in total. The molecule has 0 unspecified atom stereocenters.